The van der Waals surface area contributed by atoms with Crippen LogP contribution in [0.15, 0.2) is 65.1 Å². The average Bonchev–Trinajstić information content (AvgIpc) is 3.06. The maximum atomic E-state index is 11.8. The second kappa shape index (κ2) is 11.2. The van der Waals surface area contributed by atoms with Crippen molar-refractivity contribution >= 4 is 23.4 Å². The summed E-state index contributed by atoms with van der Waals surface area (Å²) in [5.74, 6) is -2.62. The monoisotopic (exact) mass is 442 g/mol. The summed E-state index contributed by atoms with van der Waals surface area (Å²) in [6.07, 6.45) is -0.571. The zero-order valence-corrected chi connectivity index (χ0v) is 17.2. The number of Topliss-reactive ketones (excluding diaryl/α,β-unsaturated/α-hetero) is 1. The number of ketones is 1. The Labute approximate surface area is 184 Å². The topological polar surface area (TPSA) is 139 Å². The van der Waals surface area contributed by atoms with Crippen molar-refractivity contribution in [3.05, 3.63) is 60.4 Å². The van der Waals surface area contributed by atoms with Crippen molar-refractivity contribution in [2.75, 3.05) is 6.61 Å². The zero-order valence-electron chi connectivity index (χ0n) is 17.2. The van der Waals surface area contributed by atoms with Crippen LogP contribution >= 0.6 is 0 Å². The van der Waals surface area contributed by atoms with Crippen molar-refractivity contribution in [2.24, 2.45) is 10.2 Å². The molecule has 32 heavy (non-hydrogen) atoms. The van der Waals surface area contributed by atoms with Gasteiger partial charge >= 0.3 is 11.9 Å². The summed E-state index contributed by atoms with van der Waals surface area (Å²) in [7, 11) is 0. The molecule has 10 nitrogen and oxygen atoms in total. The molecule has 0 spiro atoms. The Morgan fingerprint density at radius 3 is 2.53 bits per heavy atom. The second-order valence-electron chi connectivity index (χ2n) is 7.20. The molecular formula is C22H24N3O7+. The Morgan fingerprint density at radius 2 is 1.88 bits per heavy atom. The molecule has 2 aromatic rings. The van der Waals surface area contributed by atoms with E-state index in [1.165, 1.54) is 0 Å². The Morgan fingerprint density at radius 1 is 1.16 bits per heavy atom. The number of ether oxygens (including phenoxy) is 2. The number of pyridine rings is 1. The number of cyclic esters (lactones) is 1. The highest BCUT2D eigenvalue weighted by molar-refractivity contribution is 6.09. The van der Waals surface area contributed by atoms with Crippen molar-refractivity contribution in [1.82, 2.24) is 0 Å². The number of benzene rings is 1. The number of rotatable bonds is 10. The standard InChI is InChI=1S/C22H24N3O7/c26-17(21-19(28)20(29)22(30)32-21)14-31-18(27)7-4-10-25-11-8-15(9-12-25)13-23-24-16-5-2-1-3-6-16/h1-3,5-6,8-9,11-12,17,20-21,26,29H,4,7,10,13-14H2/q+1. The van der Waals surface area contributed by atoms with Crippen molar-refractivity contribution in [3.8, 4) is 0 Å². The number of carbonyl (C=O) groups excluding carboxylic acids is 3. The minimum absolute atomic E-state index is 0.105. The molecule has 1 aliphatic heterocycles. The van der Waals surface area contributed by atoms with Crippen LogP contribution in [-0.2, 0) is 36.9 Å². The van der Waals surface area contributed by atoms with E-state index in [-0.39, 0.29) is 6.42 Å². The van der Waals surface area contributed by atoms with Gasteiger partial charge in [0.1, 0.15) is 19.3 Å². The summed E-state index contributed by atoms with van der Waals surface area (Å²) in [6, 6.07) is 13.3. The van der Waals surface area contributed by atoms with Crippen LogP contribution in [0, 0.1) is 0 Å². The summed E-state index contributed by atoms with van der Waals surface area (Å²) < 4.78 is 11.4. The number of aryl methyl sites for hydroxylation is 1. The van der Waals surface area contributed by atoms with Gasteiger partial charge in [0.15, 0.2) is 18.5 Å². The quantitative estimate of drug-likeness (QED) is 0.240. The maximum Gasteiger partial charge on any atom is 0.343 e. The third kappa shape index (κ3) is 6.50. The molecule has 0 saturated carbocycles. The molecule has 3 rings (SSSR count). The first kappa shape index (κ1) is 23.2. The number of aliphatic hydroxyl groups is 2. The molecule has 0 bridgehead atoms. The number of aromatic nitrogens is 1. The molecule has 168 valence electrons. The van der Waals surface area contributed by atoms with E-state index in [0.717, 1.165) is 11.3 Å². The smallest absolute Gasteiger partial charge is 0.343 e. The molecule has 1 saturated heterocycles. The average molecular weight is 442 g/mol. The molecule has 2 N–H and O–H groups in total. The lowest BCUT2D eigenvalue weighted by Gasteiger charge is -2.15. The number of carbonyl (C=O) groups is 3. The highest BCUT2D eigenvalue weighted by Gasteiger charge is 2.46. The lowest BCUT2D eigenvalue weighted by atomic mass is 10.1. The number of azo groups is 1. The predicted molar refractivity (Wildman–Crippen MR) is 108 cm³/mol. The fourth-order valence-corrected chi connectivity index (χ4v) is 2.97. The third-order valence-electron chi connectivity index (χ3n) is 4.73. The van der Waals surface area contributed by atoms with Gasteiger partial charge in [-0.05, 0) is 17.7 Å². The first-order valence-electron chi connectivity index (χ1n) is 10.1. The van der Waals surface area contributed by atoms with Crippen LogP contribution in [0.4, 0.5) is 5.69 Å². The number of nitrogens with zero attached hydrogens (tertiary/aromatic N) is 3. The maximum absolute atomic E-state index is 11.8. The van der Waals surface area contributed by atoms with E-state index in [9.17, 15) is 24.6 Å². The minimum atomic E-state index is -1.90. The predicted octanol–water partition coefficient (Wildman–Crippen LogP) is 0.798. The Balaban J connectivity index is 1.34. The van der Waals surface area contributed by atoms with Gasteiger partial charge in [0, 0.05) is 18.6 Å². The van der Waals surface area contributed by atoms with E-state index in [0.29, 0.717) is 19.5 Å². The van der Waals surface area contributed by atoms with Gasteiger partial charge < -0.3 is 19.7 Å². The van der Waals surface area contributed by atoms with Gasteiger partial charge in [-0.1, -0.05) is 18.2 Å². The van der Waals surface area contributed by atoms with E-state index >= 15 is 0 Å². The molecule has 1 aliphatic rings. The van der Waals surface area contributed by atoms with Gasteiger partial charge in [-0.3, -0.25) is 9.59 Å². The summed E-state index contributed by atoms with van der Waals surface area (Å²) in [6.45, 7) is 0.531. The highest BCUT2D eigenvalue weighted by Crippen LogP contribution is 2.15. The number of aliphatic hydroxyl groups excluding tert-OH is 2. The zero-order chi connectivity index (χ0) is 22.9. The summed E-state index contributed by atoms with van der Waals surface area (Å²) >= 11 is 0. The molecule has 3 atom stereocenters. The molecule has 0 radical (unpaired) electrons. The lowest BCUT2D eigenvalue weighted by molar-refractivity contribution is -0.697. The minimum Gasteiger partial charge on any atom is -0.463 e. The molecular weight excluding hydrogens is 418 g/mol. The number of esters is 2. The van der Waals surface area contributed by atoms with E-state index in [2.05, 4.69) is 15.0 Å². The summed E-state index contributed by atoms with van der Waals surface area (Å²) in [5, 5.41) is 27.4. The van der Waals surface area contributed by atoms with Gasteiger partial charge in [0.25, 0.3) is 0 Å². The second-order valence-corrected chi connectivity index (χ2v) is 7.20. The molecule has 2 heterocycles. The van der Waals surface area contributed by atoms with Crippen molar-refractivity contribution < 1.29 is 38.6 Å². The first-order chi connectivity index (χ1) is 15.4. The highest BCUT2D eigenvalue weighted by atomic mass is 16.6. The van der Waals surface area contributed by atoms with Gasteiger partial charge in [0.05, 0.1) is 18.7 Å². The van der Waals surface area contributed by atoms with Gasteiger partial charge in [-0.25, -0.2) is 9.36 Å². The molecule has 1 aromatic heterocycles. The van der Waals surface area contributed by atoms with E-state index in [1.807, 2.05) is 59.4 Å². The van der Waals surface area contributed by atoms with Crippen molar-refractivity contribution in [2.45, 2.75) is 44.2 Å². The number of hydrogen-bond acceptors (Lipinski definition) is 9. The normalized spacial score (nSPS) is 19.2. The molecule has 3 unspecified atom stereocenters. The molecule has 0 aliphatic carbocycles. The van der Waals surface area contributed by atoms with Crippen LogP contribution in [-0.4, -0.2) is 52.9 Å². The fraction of sp³-hybridized carbons (Fsp3) is 0.364. The van der Waals surface area contributed by atoms with Crippen LogP contribution in [0.1, 0.15) is 18.4 Å². The lowest BCUT2D eigenvalue weighted by Crippen LogP contribution is -2.38. The molecule has 10 heteroatoms. The molecule has 1 aromatic carbocycles. The van der Waals surface area contributed by atoms with Crippen LogP contribution in [0.2, 0.25) is 0 Å². The summed E-state index contributed by atoms with van der Waals surface area (Å²) in [5.41, 5.74) is 1.80. The van der Waals surface area contributed by atoms with Crippen LogP contribution in [0.5, 0.6) is 0 Å². The fourth-order valence-electron chi connectivity index (χ4n) is 2.97. The van der Waals surface area contributed by atoms with Crippen LogP contribution in [0.3, 0.4) is 0 Å². The Hall–Kier alpha value is -3.50. The van der Waals surface area contributed by atoms with Gasteiger partial charge in [-0.2, -0.15) is 10.2 Å². The molecule has 0 amide bonds. The number of hydrogen-bond donors (Lipinski definition) is 2. The van der Waals surface area contributed by atoms with Crippen LogP contribution in [0.25, 0.3) is 0 Å². The SMILES string of the molecule is O=C(CCC[n+]1ccc(CN=Nc2ccccc2)cc1)OCC(O)C1OC(=O)C(O)C1=O. The molecule has 1 fully saturated rings. The van der Waals surface area contributed by atoms with E-state index < -0.39 is 42.6 Å². The van der Waals surface area contributed by atoms with Crippen molar-refractivity contribution in [1.29, 1.82) is 0 Å². The van der Waals surface area contributed by atoms with Gasteiger partial charge in [-0.15, -0.1) is 0 Å². The van der Waals surface area contributed by atoms with E-state index in [4.69, 9.17) is 4.74 Å². The largest absolute Gasteiger partial charge is 0.463 e. The Kier molecular flexibility index (Phi) is 8.12. The summed E-state index contributed by atoms with van der Waals surface area (Å²) in [4.78, 5) is 34.5. The van der Waals surface area contributed by atoms with Gasteiger partial charge in [0.2, 0.25) is 11.9 Å². The van der Waals surface area contributed by atoms with Crippen molar-refractivity contribution in [3.63, 3.8) is 0 Å². The first-order valence-corrected chi connectivity index (χ1v) is 10.1. The Bertz CT molecular complexity index is 963. The third-order valence-corrected chi connectivity index (χ3v) is 4.73. The van der Waals surface area contributed by atoms with E-state index in [1.54, 1.807) is 0 Å². The van der Waals surface area contributed by atoms with Crippen LogP contribution < -0.4 is 4.57 Å².